The van der Waals surface area contributed by atoms with Gasteiger partial charge in [0.2, 0.25) is 11.9 Å². The highest BCUT2D eigenvalue weighted by Crippen LogP contribution is 2.22. The van der Waals surface area contributed by atoms with Gasteiger partial charge >= 0.3 is 0 Å². The minimum Gasteiger partial charge on any atom is -0.368 e. The van der Waals surface area contributed by atoms with E-state index in [1.165, 1.54) is 0 Å². The number of hydrogen-bond donors (Lipinski definition) is 2. The Balaban J connectivity index is 1.85. The lowest BCUT2D eigenvalue weighted by molar-refractivity contribution is 0.376. The van der Waals surface area contributed by atoms with Crippen LogP contribution in [0.15, 0.2) is 29.5 Å². The predicted molar refractivity (Wildman–Crippen MR) is 107 cm³/mol. The summed E-state index contributed by atoms with van der Waals surface area (Å²) >= 11 is 0. The molecule has 0 atom stereocenters. The quantitative estimate of drug-likeness (QED) is 0.241. The molecule has 0 radical (unpaired) electrons. The molecule has 1 aliphatic rings. The van der Waals surface area contributed by atoms with Crippen LogP contribution in [-0.2, 0) is 0 Å². The highest BCUT2D eigenvalue weighted by Gasteiger charge is 2.23. The largest absolute Gasteiger partial charge is 0.368 e. The van der Waals surface area contributed by atoms with Gasteiger partial charge in [-0.1, -0.05) is 11.8 Å². The van der Waals surface area contributed by atoms with E-state index in [2.05, 4.69) is 42.0 Å². The van der Waals surface area contributed by atoms with Crippen molar-refractivity contribution >= 4 is 17.7 Å². The number of anilines is 2. The molecule has 2 aromatic heterocycles. The first-order chi connectivity index (χ1) is 13.6. The number of nitrogens with two attached hydrogens (primary N) is 1. The van der Waals surface area contributed by atoms with Crippen molar-refractivity contribution in [3.63, 3.8) is 0 Å². The van der Waals surface area contributed by atoms with Crippen LogP contribution in [0.25, 0.3) is 0 Å². The number of aryl methyl sites for hydroxylation is 1. The number of hydrogen-bond acceptors (Lipinski definition) is 7. The normalized spacial score (nSPS) is 14.1. The summed E-state index contributed by atoms with van der Waals surface area (Å²) in [4.78, 5) is 21.1. The molecule has 142 valence electrons. The number of aromatic nitrogens is 3. The maximum Gasteiger partial charge on any atom is 0.222 e. The fraction of sp³-hybridized carbons (Fsp3) is 0.316. The smallest absolute Gasteiger partial charge is 0.222 e. The molecule has 28 heavy (non-hydrogen) atoms. The molecule has 0 aromatic carbocycles. The maximum absolute atomic E-state index is 8.85. The Hall–Kier alpha value is -3.85. The van der Waals surface area contributed by atoms with Crippen LogP contribution < -0.4 is 16.0 Å². The number of nitrogens with one attached hydrogen (secondary N) is 1. The second-order valence-electron chi connectivity index (χ2n) is 6.12. The summed E-state index contributed by atoms with van der Waals surface area (Å²) in [6.45, 7) is 4.66. The number of pyridine rings is 1. The molecule has 3 N–H and O–H groups in total. The second kappa shape index (κ2) is 8.69. The summed E-state index contributed by atoms with van der Waals surface area (Å²) in [6, 6.07) is 3.75. The van der Waals surface area contributed by atoms with Crippen molar-refractivity contribution in [3.05, 3.63) is 41.3 Å². The van der Waals surface area contributed by atoms with Crippen LogP contribution in [0.3, 0.4) is 0 Å². The fourth-order valence-corrected chi connectivity index (χ4v) is 2.98. The molecule has 1 fully saturated rings. The third-order valence-corrected chi connectivity index (χ3v) is 4.34. The predicted octanol–water partition coefficient (Wildman–Crippen LogP) is 0.341. The third kappa shape index (κ3) is 4.27. The topological polar surface area (TPSA) is 119 Å². The van der Waals surface area contributed by atoms with Crippen molar-refractivity contribution in [2.45, 2.75) is 6.92 Å². The van der Waals surface area contributed by atoms with Gasteiger partial charge in [0.1, 0.15) is 5.82 Å². The number of aliphatic imine (C=N–C) groups is 1. The zero-order valence-electron chi connectivity index (χ0n) is 15.8. The molecule has 9 heteroatoms. The zero-order chi connectivity index (χ0) is 19.9. The first-order valence-corrected chi connectivity index (χ1v) is 8.80. The van der Waals surface area contributed by atoms with E-state index >= 15 is 0 Å². The van der Waals surface area contributed by atoms with E-state index in [1.54, 1.807) is 19.4 Å². The summed E-state index contributed by atoms with van der Waals surface area (Å²) in [6.07, 6.45) is 5.34. The molecular formula is C19H21N9. The molecule has 0 amide bonds. The minimum atomic E-state index is 0.226. The van der Waals surface area contributed by atoms with Crippen molar-refractivity contribution < 1.29 is 0 Å². The van der Waals surface area contributed by atoms with E-state index in [0.29, 0.717) is 32.1 Å². The molecule has 0 bridgehead atoms. The minimum absolute atomic E-state index is 0.226. The average molecular weight is 375 g/mol. The van der Waals surface area contributed by atoms with Gasteiger partial charge in [-0.15, -0.1) is 0 Å². The Kier molecular flexibility index (Phi) is 5.87. The lowest BCUT2D eigenvalue weighted by Gasteiger charge is -2.36. The van der Waals surface area contributed by atoms with Crippen LogP contribution in [0.4, 0.5) is 11.8 Å². The lowest BCUT2D eigenvalue weighted by Crippen LogP contribution is -2.52. The van der Waals surface area contributed by atoms with Gasteiger partial charge < -0.3 is 15.5 Å². The Morgan fingerprint density at radius 3 is 2.68 bits per heavy atom. The number of rotatable bonds is 1. The molecule has 0 spiro atoms. The third-order valence-electron chi connectivity index (χ3n) is 4.34. The van der Waals surface area contributed by atoms with Crippen molar-refractivity contribution in [3.8, 4) is 18.0 Å². The van der Waals surface area contributed by atoms with Gasteiger partial charge in [0.05, 0.1) is 11.3 Å². The molecule has 0 unspecified atom stereocenters. The van der Waals surface area contributed by atoms with Crippen LogP contribution in [0.1, 0.15) is 16.8 Å². The standard InChI is InChI=1S/C19H21N9/c1-14-16(6-5-15-4-3-7-23-12-15)17(26-18(21)25-14)27-8-10-28(11-9-27)19(22-2)24-13-20/h3-4,7,12H,8-11H2,1-2H3,(H,22,24)(H2,21,25,26). The van der Waals surface area contributed by atoms with Gasteiger partial charge in [-0.25, -0.2) is 4.98 Å². The maximum atomic E-state index is 8.85. The van der Waals surface area contributed by atoms with E-state index in [9.17, 15) is 0 Å². The van der Waals surface area contributed by atoms with Gasteiger partial charge in [-0.3, -0.25) is 15.3 Å². The number of nitriles is 1. The lowest BCUT2D eigenvalue weighted by atomic mass is 10.1. The Morgan fingerprint density at radius 1 is 1.25 bits per heavy atom. The summed E-state index contributed by atoms with van der Waals surface area (Å²) in [5.41, 5.74) is 8.21. The Bertz CT molecular complexity index is 959. The van der Waals surface area contributed by atoms with Gasteiger partial charge in [0.15, 0.2) is 6.19 Å². The number of piperazine rings is 1. The van der Waals surface area contributed by atoms with Gasteiger partial charge in [-0.05, 0) is 19.1 Å². The van der Waals surface area contributed by atoms with E-state index in [1.807, 2.05) is 30.1 Å². The van der Waals surface area contributed by atoms with E-state index in [4.69, 9.17) is 11.0 Å². The van der Waals surface area contributed by atoms with Crippen LogP contribution in [0, 0.1) is 30.2 Å². The monoisotopic (exact) mass is 375 g/mol. The van der Waals surface area contributed by atoms with Crippen molar-refractivity contribution in [2.75, 3.05) is 43.9 Å². The number of nitrogens with zero attached hydrogens (tertiary/aromatic N) is 7. The van der Waals surface area contributed by atoms with Crippen LogP contribution in [0.5, 0.6) is 0 Å². The summed E-state index contributed by atoms with van der Waals surface area (Å²) < 4.78 is 0. The van der Waals surface area contributed by atoms with Crippen molar-refractivity contribution in [1.29, 1.82) is 5.26 Å². The highest BCUT2D eigenvalue weighted by molar-refractivity contribution is 5.81. The number of guanidine groups is 1. The molecule has 3 heterocycles. The van der Waals surface area contributed by atoms with Gasteiger partial charge in [-0.2, -0.15) is 10.2 Å². The summed E-state index contributed by atoms with van der Waals surface area (Å²) in [5, 5.41) is 11.5. The van der Waals surface area contributed by atoms with E-state index < -0.39 is 0 Å². The zero-order valence-corrected chi connectivity index (χ0v) is 15.8. The molecule has 9 nitrogen and oxygen atoms in total. The molecule has 0 saturated carbocycles. The second-order valence-corrected chi connectivity index (χ2v) is 6.12. The van der Waals surface area contributed by atoms with Crippen LogP contribution >= 0.6 is 0 Å². The molecule has 1 aliphatic heterocycles. The first-order valence-electron chi connectivity index (χ1n) is 8.80. The Labute approximate surface area is 163 Å². The highest BCUT2D eigenvalue weighted by atomic mass is 15.4. The molecular weight excluding hydrogens is 354 g/mol. The molecule has 0 aliphatic carbocycles. The summed E-state index contributed by atoms with van der Waals surface area (Å²) in [5.74, 6) is 7.82. The number of nitrogen functional groups attached to an aromatic ring is 1. The van der Waals surface area contributed by atoms with Crippen LogP contribution in [-0.4, -0.2) is 59.0 Å². The molecule has 3 rings (SSSR count). The van der Waals surface area contributed by atoms with Crippen molar-refractivity contribution in [1.82, 2.24) is 25.2 Å². The molecule has 1 saturated heterocycles. The Morgan fingerprint density at radius 2 is 2.04 bits per heavy atom. The SMILES string of the molecule is CN=C(NC#N)N1CCN(c2nc(N)nc(C)c2C#Cc2cccnc2)CC1. The summed E-state index contributed by atoms with van der Waals surface area (Å²) in [7, 11) is 1.66. The average Bonchev–Trinajstić information content (AvgIpc) is 2.72. The fourth-order valence-electron chi connectivity index (χ4n) is 2.98. The van der Waals surface area contributed by atoms with Gasteiger partial charge in [0, 0.05) is 51.2 Å². The van der Waals surface area contributed by atoms with E-state index in [0.717, 1.165) is 22.6 Å². The van der Waals surface area contributed by atoms with Gasteiger partial charge in [0.25, 0.3) is 0 Å². The van der Waals surface area contributed by atoms with E-state index in [-0.39, 0.29) is 5.95 Å². The first kappa shape index (κ1) is 18.9. The van der Waals surface area contributed by atoms with Crippen molar-refractivity contribution in [2.24, 2.45) is 4.99 Å². The van der Waals surface area contributed by atoms with Crippen LogP contribution in [0.2, 0.25) is 0 Å². The molecule has 2 aromatic rings.